The van der Waals surface area contributed by atoms with E-state index in [9.17, 15) is 4.39 Å². The molecule has 2 aromatic rings. The minimum absolute atomic E-state index is 0.110. The van der Waals surface area contributed by atoms with E-state index in [0.717, 1.165) is 56.2 Å². The molecule has 2 aliphatic heterocycles. The first kappa shape index (κ1) is 17.3. The van der Waals surface area contributed by atoms with Crippen LogP contribution in [-0.2, 0) is 13.1 Å². The van der Waals surface area contributed by atoms with E-state index in [1.54, 1.807) is 12.1 Å². The molecule has 0 spiro atoms. The van der Waals surface area contributed by atoms with Crippen molar-refractivity contribution in [2.45, 2.75) is 19.5 Å². The minimum Gasteiger partial charge on any atom is -0.486 e. The highest BCUT2D eigenvalue weighted by molar-refractivity contribution is 5.47. The summed E-state index contributed by atoms with van der Waals surface area (Å²) in [7, 11) is 0. The summed E-state index contributed by atoms with van der Waals surface area (Å²) in [5.41, 5.74) is 1.97. The van der Waals surface area contributed by atoms with E-state index < -0.39 is 0 Å². The first-order valence-corrected chi connectivity index (χ1v) is 9.35. The van der Waals surface area contributed by atoms with Crippen molar-refractivity contribution in [1.29, 1.82) is 0 Å². The number of hydrogen-bond donors (Lipinski definition) is 0. The second-order valence-electron chi connectivity index (χ2n) is 6.94. The summed E-state index contributed by atoms with van der Waals surface area (Å²) in [6.45, 7) is 6.72. The molecular weight excluding hydrogens is 331 g/mol. The maximum absolute atomic E-state index is 13.9. The zero-order chi connectivity index (χ0) is 17.8. The molecule has 0 aromatic heterocycles. The summed E-state index contributed by atoms with van der Waals surface area (Å²) in [4.78, 5) is 4.80. The van der Waals surface area contributed by atoms with Crippen LogP contribution in [0, 0.1) is 5.82 Å². The van der Waals surface area contributed by atoms with Gasteiger partial charge in [0.15, 0.2) is 11.5 Å². The Balaban J connectivity index is 1.38. The first-order chi connectivity index (χ1) is 12.8. The van der Waals surface area contributed by atoms with E-state index in [-0.39, 0.29) is 5.82 Å². The largest absolute Gasteiger partial charge is 0.486 e. The molecule has 0 saturated carbocycles. The lowest BCUT2D eigenvalue weighted by Crippen LogP contribution is -2.30. The van der Waals surface area contributed by atoms with Gasteiger partial charge in [-0.1, -0.05) is 30.3 Å². The summed E-state index contributed by atoms with van der Waals surface area (Å²) < 4.78 is 25.4. The molecule has 1 saturated heterocycles. The van der Waals surface area contributed by atoms with Gasteiger partial charge in [0.05, 0.1) is 0 Å². The SMILES string of the molecule is Fc1ccccc1CN1CCCN(Cc2cccc3c2OCCO3)CC1. The lowest BCUT2D eigenvalue weighted by Gasteiger charge is -2.25. The zero-order valence-corrected chi connectivity index (χ0v) is 15.0. The fourth-order valence-corrected chi connectivity index (χ4v) is 3.71. The highest BCUT2D eigenvalue weighted by Gasteiger charge is 2.20. The normalized spacial score (nSPS) is 18.5. The standard InChI is InChI=1S/C21H25FN2O2/c22-19-7-2-1-5-17(19)15-23-9-4-10-24(12-11-23)16-18-6-3-8-20-21(18)26-14-13-25-20/h1-3,5-8H,4,9-16H2. The van der Waals surface area contributed by atoms with Gasteiger partial charge in [-0.25, -0.2) is 4.39 Å². The van der Waals surface area contributed by atoms with E-state index in [4.69, 9.17) is 9.47 Å². The molecule has 138 valence electrons. The first-order valence-electron chi connectivity index (χ1n) is 9.35. The average Bonchev–Trinajstić information content (AvgIpc) is 2.89. The van der Waals surface area contributed by atoms with Crippen molar-refractivity contribution in [1.82, 2.24) is 9.80 Å². The summed E-state index contributed by atoms with van der Waals surface area (Å²) in [6, 6.07) is 13.2. The topological polar surface area (TPSA) is 24.9 Å². The second-order valence-corrected chi connectivity index (χ2v) is 6.94. The van der Waals surface area contributed by atoms with Crippen molar-refractivity contribution in [3.8, 4) is 11.5 Å². The van der Waals surface area contributed by atoms with Crippen LogP contribution in [0.3, 0.4) is 0 Å². The fraction of sp³-hybridized carbons (Fsp3) is 0.429. The van der Waals surface area contributed by atoms with Gasteiger partial charge in [0, 0.05) is 37.3 Å². The Hall–Kier alpha value is -2.11. The molecule has 4 rings (SSSR count). The highest BCUT2D eigenvalue weighted by atomic mass is 19.1. The van der Waals surface area contributed by atoms with Crippen LogP contribution in [0.25, 0.3) is 0 Å². The molecule has 4 nitrogen and oxygen atoms in total. The number of hydrogen-bond acceptors (Lipinski definition) is 4. The maximum atomic E-state index is 13.9. The summed E-state index contributed by atoms with van der Waals surface area (Å²) in [6.07, 6.45) is 1.08. The van der Waals surface area contributed by atoms with Crippen LogP contribution in [0.5, 0.6) is 11.5 Å². The average molecular weight is 356 g/mol. The van der Waals surface area contributed by atoms with Gasteiger partial charge in [-0.15, -0.1) is 0 Å². The minimum atomic E-state index is -0.110. The molecule has 0 unspecified atom stereocenters. The van der Waals surface area contributed by atoms with Gasteiger partial charge >= 0.3 is 0 Å². The molecule has 1 fully saturated rings. The number of ether oxygens (including phenoxy) is 2. The van der Waals surface area contributed by atoms with Crippen LogP contribution in [0.15, 0.2) is 42.5 Å². The fourth-order valence-electron chi connectivity index (χ4n) is 3.71. The van der Waals surface area contributed by atoms with E-state index in [1.165, 1.54) is 5.56 Å². The summed E-state index contributed by atoms with van der Waals surface area (Å²) in [5.74, 6) is 1.64. The molecule has 0 N–H and O–H groups in total. The third-order valence-electron chi connectivity index (χ3n) is 5.07. The maximum Gasteiger partial charge on any atom is 0.165 e. The van der Waals surface area contributed by atoms with E-state index in [2.05, 4.69) is 15.9 Å². The van der Waals surface area contributed by atoms with Crippen LogP contribution in [0.2, 0.25) is 0 Å². The number of nitrogens with zero attached hydrogens (tertiary/aromatic N) is 2. The Morgan fingerprint density at radius 1 is 0.769 bits per heavy atom. The number of fused-ring (bicyclic) bond motifs is 1. The molecule has 0 aliphatic carbocycles. The van der Waals surface area contributed by atoms with Gasteiger partial charge < -0.3 is 9.47 Å². The number of para-hydroxylation sites is 1. The van der Waals surface area contributed by atoms with Gasteiger partial charge in [0.2, 0.25) is 0 Å². The number of rotatable bonds is 4. The van der Waals surface area contributed by atoms with Gasteiger partial charge in [-0.05, 0) is 31.6 Å². The smallest absolute Gasteiger partial charge is 0.165 e. The van der Waals surface area contributed by atoms with Crippen molar-refractivity contribution >= 4 is 0 Å². The Bertz CT molecular complexity index is 753. The Kier molecular flexibility index (Phi) is 5.37. The van der Waals surface area contributed by atoms with E-state index >= 15 is 0 Å². The van der Waals surface area contributed by atoms with Crippen LogP contribution >= 0.6 is 0 Å². The van der Waals surface area contributed by atoms with E-state index in [1.807, 2.05) is 24.3 Å². The molecule has 2 aromatic carbocycles. The summed E-state index contributed by atoms with van der Waals surface area (Å²) >= 11 is 0. The van der Waals surface area contributed by atoms with Gasteiger partial charge in [0.1, 0.15) is 19.0 Å². The molecule has 5 heteroatoms. The third kappa shape index (κ3) is 4.00. The molecule has 2 heterocycles. The lowest BCUT2D eigenvalue weighted by molar-refractivity contribution is 0.166. The second kappa shape index (κ2) is 8.06. The van der Waals surface area contributed by atoms with Crippen molar-refractivity contribution < 1.29 is 13.9 Å². The molecule has 0 atom stereocenters. The molecule has 0 radical (unpaired) electrons. The van der Waals surface area contributed by atoms with Crippen molar-refractivity contribution in [3.63, 3.8) is 0 Å². The highest BCUT2D eigenvalue weighted by Crippen LogP contribution is 2.34. The molecule has 0 bridgehead atoms. The number of halogens is 1. The van der Waals surface area contributed by atoms with Crippen LogP contribution in [-0.4, -0.2) is 49.2 Å². The monoisotopic (exact) mass is 356 g/mol. The van der Waals surface area contributed by atoms with E-state index in [0.29, 0.717) is 19.8 Å². The van der Waals surface area contributed by atoms with Gasteiger partial charge in [-0.3, -0.25) is 9.80 Å². The van der Waals surface area contributed by atoms with Crippen LogP contribution < -0.4 is 9.47 Å². The van der Waals surface area contributed by atoms with Gasteiger partial charge in [-0.2, -0.15) is 0 Å². The Labute approximate surface area is 154 Å². The summed E-state index contributed by atoms with van der Waals surface area (Å²) in [5, 5.41) is 0. The lowest BCUT2D eigenvalue weighted by atomic mass is 10.1. The van der Waals surface area contributed by atoms with Gasteiger partial charge in [0.25, 0.3) is 0 Å². The van der Waals surface area contributed by atoms with Crippen LogP contribution in [0.1, 0.15) is 17.5 Å². The Morgan fingerprint density at radius 2 is 1.46 bits per heavy atom. The zero-order valence-electron chi connectivity index (χ0n) is 15.0. The van der Waals surface area contributed by atoms with Crippen molar-refractivity contribution in [2.75, 3.05) is 39.4 Å². The van der Waals surface area contributed by atoms with Crippen molar-refractivity contribution in [3.05, 3.63) is 59.4 Å². The molecule has 2 aliphatic rings. The predicted molar refractivity (Wildman–Crippen MR) is 99.0 cm³/mol. The quantitative estimate of drug-likeness (QED) is 0.839. The number of benzene rings is 2. The van der Waals surface area contributed by atoms with Crippen LogP contribution in [0.4, 0.5) is 4.39 Å². The third-order valence-corrected chi connectivity index (χ3v) is 5.07. The molecular formula is C21H25FN2O2. The molecule has 26 heavy (non-hydrogen) atoms. The Morgan fingerprint density at radius 3 is 2.27 bits per heavy atom. The predicted octanol–water partition coefficient (Wildman–Crippen LogP) is 3.30. The molecule has 0 amide bonds. The van der Waals surface area contributed by atoms with Crippen molar-refractivity contribution in [2.24, 2.45) is 0 Å².